The summed E-state index contributed by atoms with van der Waals surface area (Å²) in [5.41, 5.74) is 0. The SMILES string of the molecule is C[C@H](NC(=O)CCc1ccco1)[C@@H]1C[C@H]2CC[C@H]1C2. The highest BCUT2D eigenvalue weighted by Crippen LogP contribution is 2.49. The standard InChI is InChI=1S/C16H23NO2/c1-11(15-10-12-4-5-13(15)9-12)17-16(18)7-6-14-3-2-8-19-14/h2-3,8,11-13,15H,4-7,9-10H2,1H3,(H,17,18)/t11-,12-,13-,15-/m0/s1. The number of aryl methyl sites for hydroxylation is 1. The quantitative estimate of drug-likeness (QED) is 0.884. The van der Waals surface area contributed by atoms with Crippen LogP contribution in [0.2, 0.25) is 0 Å². The van der Waals surface area contributed by atoms with Crippen molar-refractivity contribution in [3.05, 3.63) is 24.2 Å². The van der Waals surface area contributed by atoms with Gasteiger partial charge < -0.3 is 9.73 Å². The van der Waals surface area contributed by atoms with Crippen LogP contribution in [0.4, 0.5) is 0 Å². The normalized spacial score (nSPS) is 30.5. The molecular weight excluding hydrogens is 238 g/mol. The summed E-state index contributed by atoms with van der Waals surface area (Å²) < 4.78 is 5.25. The lowest BCUT2D eigenvalue weighted by molar-refractivity contribution is -0.122. The highest BCUT2D eigenvalue weighted by Gasteiger charge is 2.41. The van der Waals surface area contributed by atoms with Crippen LogP contribution in [0, 0.1) is 17.8 Å². The topological polar surface area (TPSA) is 42.2 Å². The lowest BCUT2D eigenvalue weighted by Gasteiger charge is -2.28. The Morgan fingerprint density at radius 1 is 1.47 bits per heavy atom. The molecule has 2 bridgehead atoms. The van der Waals surface area contributed by atoms with Gasteiger partial charge in [0.15, 0.2) is 0 Å². The van der Waals surface area contributed by atoms with Gasteiger partial charge in [0, 0.05) is 18.9 Å². The van der Waals surface area contributed by atoms with E-state index in [0.29, 0.717) is 24.8 Å². The molecule has 0 saturated heterocycles. The summed E-state index contributed by atoms with van der Waals surface area (Å²) in [5, 5.41) is 3.19. The minimum atomic E-state index is 0.159. The number of carbonyl (C=O) groups is 1. The number of hydrogen-bond donors (Lipinski definition) is 1. The van der Waals surface area contributed by atoms with Gasteiger partial charge >= 0.3 is 0 Å². The molecule has 1 N–H and O–H groups in total. The summed E-state index contributed by atoms with van der Waals surface area (Å²) >= 11 is 0. The van der Waals surface area contributed by atoms with Crippen LogP contribution in [0.3, 0.4) is 0 Å². The Balaban J connectivity index is 1.44. The first-order chi connectivity index (χ1) is 9.22. The van der Waals surface area contributed by atoms with Gasteiger partial charge in [-0.3, -0.25) is 4.79 Å². The predicted molar refractivity (Wildman–Crippen MR) is 73.6 cm³/mol. The lowest BCUT2D eigenvalue weighted by Crippen LogP contribution is -2.40. The molecule has 0 spiro atoms. The second-order valence-electron chi connectivity index (χ2n) is 6.27. The number of furan rings is 1. The fraction of sp³-hybridized carbons (Fsp3) is 0.688. The number of rotatable bonds is 5. The molecule has 104 valence electrons. The van der Waals surface area contributed by atoms with E-state index < -0.39 is 0 Å². The van der Waals surface area contributed by atoms with Gasteiger partial charge in [-0.1, -0.05) is 6.42 Å². The van der Waals surface area contributed by atoms with E-state index in [2.05, 4.69) is 12.2 Å². The Morgan fingerprint density at radius 2 is 2.37 bits per heavy atom. The third-order valence-corrected chi connectivity index (χ3v) is 5.00. The molecule has 3 rings (SSSR count). The molecule has 1 aromatic heterocycles. The number of hydrogen-bond acceptors (Lipinski definition) is 2. The van der Waals surface area contributed by atoms with E-state index in [1.807, 2.05) is 12.1 Å². The molecule has 0 radical (unpaired) electrons. The van der Waals surface area contributed by atoms with Crippen molar-refractivity contribution in [3.8, 4) is 0 Å². The largest absolute Gasteiger partial charge is 0.469 e. The van der Waals surface area contributed by atoms with Gasteiger partial charge in [0.25, 0.3) is 0 Å². The van der Waals surface area contributed by atoms with Crippen LogP contribution in [0.1, 0.15) is 44.8 Å². The van der Waals surface area contributed by atoms with Gasteiger partial charge in [-0.15, -0.1) is 0 Å². The van der Waals surface area contributed by atoms with Gasteiger partial charge in [0.1, 0.15) is 5.76 Å². The highest BCUT2D eigenvalue weighted by molar-refractivity contribution is 5.76. The summed E-state index contributed by atoms with van der Waals surface area (Å²) in [5.74, 6) is 3.57. The van der Waals surface area contributed by atoms with Crippen molar-refractivity contribution in [1.29, 1.82) is 0 Å². The van der Waals surface area contributed by atoms with Gasteiger partial charge in [0.2, 0.25) is 5.91 Å². The smallest absolute Gasteiger partial charge is 0.220 e. The molecule has 2 aliphatic carbocycles. The molecule has 1 aromatic rings. The van der Waals surface area contributed by atoms with Crippen LogP contribution in [-0.4, -0.2) is 11.9 Å². The van der Waals surface area contributed by atoms with Gasteiger partial charge in [-0.25, -0.2) is 0 Å². The molecule has 3 heteroatoms. The predicted octanol–water partition coefficient (Wildman–Crippen LogP) is 3.15. The van der Waals surface area contributed by atoms with Crippen LogP contribution >= 0.6 is 0 Å². The van der Waals surface area contributed by atoms with Crippen LogP contribution in [0.15, 0.2) is 22.8 Å². The van der Waals surface area contributed by atoms with Crippen molar-refractivity contribution in [2.45, 2.75) is 51.5 Å². The zero-order chi connectivity index (χ0) is 13.2. The highest BCUT2D eigenvalue weighted by atomic mass is 16.3. The summed E-state index contributed by atoms with van der Waals surface area (Å²) in [6, 6.07) is 4.12. The summed E-state index contributed by atoms with van der Waals surface area (Å²) in [6.45, 7) is 2.18. The molecule has 3 nitrogen and oxygen atoms in total. The van der Waals surface area contributed by atoms with Crippen molar-refractivity contribution in [3.63, 3.8) is 0 Å². The maximum atomic E-state index is 12.0. The molecule has 0 unspecified atom stereocenters. The van der Waals surface area contributed by atoms with Crippen molar-refractivity contribution < 1.29 is 9.21 Å². The Bertz CT molecular complexity index is 426. The summed E-state index contributed by atoms with van der Waals surface area (Å²) in [7, 11) is 0. The van der Waals surface area contributed by atoms with E-state index in [9.17, 15) is 4.79 Å². The average molecular weight is 261 g/mol. The fourth-order valence-corrected chi connectivity index (χ4v) is 4.03. The van der Waals surface area contributed by atoms with E-state index in [1.54, 1.807) is 6.26 Å². The first-order valence-corrected chi connectivity index (χ1v) is 7.54. The Kier molecular flexibility index (Phi) is 3.63. The molecule has 1 heterocycles. The third-order valence-electron chi connectivity index (χ3n) is 5.00. The molecule has 4 atom stereocenters. The first kappa shape index (κ1) is 12.8. The molecule has 0 aliphatic heterocycles. The number of carbonyl (C=O) groups excluding carboxylic acids is 1. The Hall–Kier alpha value is -1.25. The molecule has 0 aromatic carbocycles. The number of nitrogens with one attached hydrogen (secondary N) is 1. The summed E-state index contributed by atoms with van der Waals surface area (Å²) in [4.78, 5) is 12.0. The first-order valence-electron chi connectivity index (χ1n) is 7.54. The van der Waals surface area contributed by atoms with E-state index in [0.717, 1.165) is 17.6 Å². The molecular formula is C16H23NO2. The van der Waals surface area contributed by atoms with Gasteiger partial charge in [0.05, 0.1) is 6.26 Å². The van der Waals surface area contributed by atoms with Gasteiger partial charge in [-0.2, -0.15) is 0 Å². The van der Waals surface area contributed by atoms with Crippen LogP contribution in [0.5, 0.6) is 0 Å². The van der Waals surface area contributed by atoms with Crippen LogP contribution < -0.4 is 5.32 Å². The summed E-state index contributed by atoms with van der Waals surface area (Å²) in [6.07, 6.45) is 8.40. The van der Waals surface area contributed by atoms with Crippen molar-refractivity contribution in [2.24, 2.45) is 17.8 Å². The Labute approximate surface area is 114 Å². The zero-order valence-corrected chi connectivity index (χ0v) is 11.6. The van der Waals surface area contributed by atoms with E-state index in [-0.39, 0.29) is 5.91 Å². The lowest BCUT2D eigenvalue weighted by atomic mass is 9.84. The molecule has 2 aliphatic rings. The minimum absolute atomic E-state index is 0.159. The fourth-order valence-electron chi connectivity index (χ4n) is 4.03. The monoisotopic (exact) mass is 261 g/mol. The van der Waals surface area contributed by atoms with Crippen LogP contribution in [0.25, 0.3) is 0 Å². The number of amides is 1. The van der Waals surface area contributed by atoms with E-state index >= 15 is 0 Å². The maximum absolute atomic E-state index is 12.0. The Morgan fingerprint density at radius 3 is 3.00 bits per heavy atom. The van der Waals surface area contributed by atoms with E-state index in [4.69, 9.17) is 4.42 Å². The number of fused-ring (bicyclic) bond motifs is 2. The van der Waals surface area contributed by atoms with Crippen molar-refractivity contribution >= 4 is 5.91 Å². The maximum Gasteiger partial charge on any atom is 0.220 e. The second kappa shape index (κ2) is 5.40. The minimum Gasteiger partial charge on any atom is -0.469 e. The molecule has 1 amide bonds. The molecule has 2 saturated carbocycles. The zero-order valence-electron chi connectivity index (χ0n) is 11.6. The van der Waals surface area contributed by atoms with Gasteiger partial charge in [-0.05, 0) is 56.1 Å². The molecule has 2 fully saturated rings. The van der Waals surface area contributed by atoms with Crippen molar-refractivity contribution in [1.82, 2.24) is 5.32 Å². The van der Waals surface area contributed by atoms with E-state index in [1.165, 1.54) is 25.7 Å². The third kappa shape index (κ3) is 2.85. The average Bonchev–Trinajstić information content (AvgIpc) is 3.13. The molecule has 19 heavy (non-hydrogen) atoms. The van der Waals surface area contributed by atoms with Crippen LogP contribution in [-0.2, 0) is 11.2 Å². The van der Waals surface area contributed by atoms with Crippen molar-refractivity contribution in [2.75, 3.05) is 0 Å². The second-order valence-corrected chi connectivity index (χ2v) is 6.27.